The molecule has 0 fully saturated rings. The molecule has 0 bridgehead atoms. The largest absolute Gasteiger partial charge is 0.261 e. The van der Waals surface area contributed by atoms with E-state index in [-0.39, 0.29) is 0 Å². The van der Waals surface area contributed by atoms with Gasteiger partial charge in [0.1, 0.15) is 12.2 Å². The topological polar surface area (TPSA) is 77.3 Å². The van der Waals surface area contributed by atoms with E-state index in [1.165, 1.54) is 98.4 Å². The lowest BCUT2D eigenvalue weighted by molar-refractivity contribution is 1.01. The van der Waals surface area contributed by atoms with E-state index in [1.807, 2.05) is 164 Å². The van der Waals surface area contributed by atoms with Gasteiger partial charge in [-0.3, -0.25) is 9.97 Å². The zero-order chi connectivity index (χ0) is 70.7. The van der Waals surface area contributed by atoms with Crippen LogP contribution in [-0.2, 0) is 0 Å². The molecular weight excluding hydrogens is 1120 g/mol. The van der Waals surface area contributed by atoms with Crippen molar-refractivity contribution in [1.29, 1.82) is 0 Å². The molecule has 0 atom stereocenters. The minimum absolute atomic E-state index is 0.838. The summed E-state index contributed by atoms with van der Waals surface area (Å²) in [6.45, 7) is 60.7. The molecule has 6 nitrogen and oxygen atoms in total. The average Bonchev–Trinajstić information content (AvgIpc) is 1.42. The Morgan fingerprint density at radius 3 is 0.946 bits per heavy atom. The molecule has 9 aromatic carbocycles. The van der Waals surface area contributed by atoms with E-state index in [2.05, 4.69) is 243 Å². The first kappa shape index (κ1) is 87.7. The number of aryl methyl sites for hydroxylation is 14. The van der Waals surface area contributed by atoms with Gasteiger partial charge in [-0.2, -0.15) is 0 Å². The molecule has 496 valence electrons. The van der Waals surface area contributed by atoms with Crippen molar-refractivity contribution in [3.8, 4) is 0 Å². The van der Waals surface area contributed by atoms with Crippen LogP contribution in [0.2, 0.25) is 0 Å². The average molecular weight is 1240 g/mol. The van der Waals surface area contributed by atoms with Crippen molar-refractivity contribution in [2.24, 2.45) is 0 Å². The van der Waals surface area contributed by atoms with E-state index in [9.17, 15) is 0 Å². The van der Waals surface area contributed by atoms with Crippen molar-refractivity contribution in [3.63, 3.8) is 0 Å². The molecule has 12 aromatic rings. The lowest BCUT2D eigenvalue weighted by Crippen LogP contribution is -1.86. The molecule has 0 aliphatic heterocycles. The summed E-state index contributed by atoms with van der Waals surface area (Å²) in [5.41, 5.74) is 15.8. The zero-order valence-electron chi connectivity index (χ0n) is 63.2. The van der Waals surface area contributed by atoms with E-state index in [4.69, 9.17) is 0 Å². The van der Waals surface area contributed by atoms with E-state index in [1.54, 1.807) is 24.9 Å². The van der Waals surface area contributed by atoms with Crippen LogP contribution in [0.5, 0.6) is 0 Å². The Balaban J connectivity index is -0.000000978. The highest BCUT2D eigenvalue weighted by Gasteiger charge is 2.01. The Bertz CT molecular complexity index is 3550. The summed E-state index contributed by atoms with van der Waals surface area (Å²) in [4.78, 5) is 23.9. The van der Waals surface area contributed by atoms with Gasteiger partial charge in [-0.05, 0) is 180 Å². The van der Waals surface area contributed by atoms with E-state index < -0.39 is 0 Å². The van der Waals surface area contributed by atoms with Gasteiger partial charge in [-0.1, -0.05) is 296 Å². The quantitative estimate of drug-likeness (QED) is 0.141. The minimum Gasteiger partial charge on any atom is -0.261 e. The van der Waals surface area contributed by atoms with Crippen LogP contribution in [0.4, 0.5) is 0 Å². The highest BCUT2D eigenvalue weighted by Crippen LogP contribution is 2.27. The van der Waals surface area contributed by atoms with Crippen LogP contribution in [0, 0.1) is 96.9 Å². The van der Waals surface area contributed by atoms with Gasteiger partial charge in [0.05, 0.1) is 11.4 Å². The highest BCUT2D eigenvalue weighted by atomic mass is 14.9. The first-order valence-electron chi connectivity index (χ1n) is 34.0. The number of fused-ring (bicyclic) bond motifs is 6. The number of nitrogens with zero attached hydrogens (tertiary/aromatic N) is 6. The molecule has 0 saturated carbocycles. The molecule has 0 aliphatic rings. The van der Waals surface area contributed by atoms with Crippen molar-refractivity contribution in [2.75, 3.05) is 0 Å². The first-order chi connectivity index (χ1) is 44.4. The second-order valence-corrected chi connectivity index (χ2v) is 19.8. The second-order valence-electron chi connectivity index (χ2n) is 19.8. The Morgan fingerprint density at radius 1 is 0.228 bits per heavy atom. The van der Waals surface area contributed by atoms with Crippen LogP contribution in [0.15, 0.2) is 195 Å². The standard InChI is InChI=1S/C16H14.3C12H12.3C6H8N2.8C2H6/c1-11-3-7-15-13(9-11)5-6-14-10-12(2)4-8-16(14)15;1-9-3-5-11-6-4-10(2)8-12(11)7-9;1-9-7-11-5-3-4-6-12(11)8-10(9)2;1-9-7-10(2)12-6-4-3-5-11(12)8-9;1-5-3-7-4-6(2)8-5;1-5-3-6(2)8-4-7-5;1-5-3-4-7-6(2)8-5;8*1-2/h3-10H,1-2H3;3*3-8H,1-2H3;3*3-4H,1-2H3;8*1-2H3. The molecule has 6 heteroatoms. The van der Waals surface area contributed by atoms with Crippen molar-refractivity contribution >= 4 is 53.9 Å². The highest BCUT2D eigenvalue weighted by molar-refractivity contribution is 6.07. The Kier molecular flexibility index (Phi) is 50.7. The molecule has 3 aromatic heterocycles. The third-order valence-corrected chi connectivity index (χ3v) is 12.6. The maximum Gasteiger partial charge on any atom is 0.125 e. The third kappa shape index (κ3) is 34.1. The SMILES string of the molecule is CC.CC.CC.CC.CC.CC.CC.CC.Cc1cc(C)c2ccccc2c1.Cc1cc(C)ncn1.Cc1cc2ccccc2cc1C.Cc1ccc2c(ccc3cc(C)ccc32)c1.Cc1ccc2ccc(C)cc2c1.Cc1ccnc(C)n1.Cc1cncc(C)n1. The fourth-order valence-corrected chi connectivity index (χ4v) is 8.70. The van der Waals surface area contributed by atoms with Gasteiger partial charge >= 0.3 is 0 Å². The Morgan fingerprint density at radius 2 is 0.587 bits per heavy atom. The van der Waals surface area contributed by atoms with Crippen LogP contribution < -0.4 is 0 Å². The van der Waals surface area contributed by atoms with Gasteiger partial charge in [0.15, 0.2) is 0 Å². The number of rotatable bonds is 0. The number of benzene rings is 9. The molecular formula is C86H122N6. The maximum absolute atomic E-state index is 4.11. The van der Waals surface area contributed by atoms with Gasteiger partial charge < -0.3 is 0 Å². The summed E-state index contributed by atoms with van der Waals surface area (Å²) in [6, 6.07) is 60.6. The minimum atomic E-state index is 0.838. The molecule has 0 N–H and O–H groups in total. The fourth-order valence-electron chi connectivity index (χ4n) is 8.70. The molecule has 0 spiro atoms. The van der Waals surface area contributed by atoms with E-state index in [0.29, 0.717) is 0 Å². The maximum atomic E-state index is 4.11. The summed E-state index contributed by atoms with van der Waals surface area (Å²) in [7, 11) is 0. The van der Waals surface area contributed by atoms with Gasteiger partial charge in [0.2, 0.25) is 0 Å². The van der Waals surface area contributed by atoms with Crippen LogP contribution in [0.3, 0.4) is 0 Å². The predicted molar refractivity (Wildman–Crippen MR) is 416 cm³/mol. The Hall–Kier alpha value is -8.48. The third-order valence-electron chi connectivity index (χ3n) is 12.6. The second kappa shape index (κ2) is 53.2. The summed E-state index contributed by atoms with van der Waals surface area (Å²) >= 11 is 0. The van der Waals surface area contributed by atoms with Crippen molar-refractivity contribution in [3.05, 3.63) is 274 Å². The molecule has 0 amide bonds. The van der Waals surface area contributed by atoms with E-state index in [0.717, 1.165) is 34.3 Å². The van der Waals surface area contributed by atoms with Gasteiger partial charge in [-0.15, -0.1) is 0 Å². The first-order valence-corrected chi connectivity index (χ1v) is 34.0. The fraction of sp³-hybridized carbons (Fsp3) is 0.349. The van der Waals surface area contributed by atoms with Crippen molar-refractivity contribution in [1.82, 2.24) is 29.9 Å². The van der Waals surface area contributed by atoms with E-state index >= 15 is 0 Å². The van der Waals surface area contributed by atoms with Crippen LogP contribution in [-0.4, -0.2) is 29.9 Å². The summed E-state index contributed by atoms with van der Waals surface area (Å²) in [6.07, 6.45) is 6.82. The van der Waals surface area contributed by atoms with Gasteiger partial charge in [0.25, 0.3) is 0 Å². The predicted octanol–water partition coefficient (Wildman–Crippen LogP) is 26.5. The molecule has 0 radical (unpaired) electrons. The van der Waals surface area contributed by atoms with Crippen LogP contribution >= 0.6 is 0 Å². The van der Waals surface area contributed by atoms with Gasteiger partial charge in [-0.25, -0.2) is 19.9 Å². The molecule has 0 unspecified atom stereocenters. The molecule has 0 saturated heterocycles. The molecule has 12 rings (SSSR count). The lowest BCUT2D eigenvalue weighted by Gasteiger charge is -2.05. The monoisotopic (exact) mass is 1240 g/mol. The summed E-state index contributed by atoms with van der Waals surface area (Å²) in [5.74, 6) is 0.838. The van der Waals surface area contributed by atoms with Crippen molar-refractivity contribution < 1.29 is 0 Å². The Labute approximate surface area is 562 Å². The van der Waals surface area contributed by atoms with Gasteiger partial charge in [0, 0.05) is 35.7 Å². The normalized spacial score (nSPS) is 8.98. The number of hydrogen-bond acceptors (Lipinski definition) is 6. The van der Waals surface area contributed by atoms with Crippen molar-refractivity contribution in [2.45, 2.75) is 208 Å². The number of aromatic nitrogens is 6. The molecule has 3 heterocycles. The van der Waals surface area contributed by atoms with Crippen LogP contribution in [0.1, 0.15) is 190 Å². The zero-order valence-corrected chi connectivity index (χ0v) is 63.2. The van der Waals surface area contributed by atoms with Crippen LogP contribution in [0.25, 0.3) is 53.9 Å². The summed E-state index contributed by atoms with van der Waals surface area (Å²) in [5, 5.41) is 13.4. The smallest absolute Gasteiger partial charge is 0.125 e. The summed E-state index contributed by atoms with van der Waals surface area (Å²) < 4.78 is 0. The molecule has 92 heavy (non-hydrogen) atoms. The number of hydrogen-bond donors (Lipinski definition) is 0. The molecule has 0 aliphatic carbocycles. The lowest BCUT2D eigenvalue weighted by atomic mass is 9.99.